The van der Waals surface area contributed by atoms with E-state index in [1.165, 1.54) is 0 Å². The van der Waals surface area contributed by atoms with Crippen molar-refractivity contribution in [2.75, 3.05) is 20.1 Å². The molecule has 1 atom stereocenters. The quantitative estimate of drug-likeness (QED) is 0.617. The molecule has 1 rings (SSSR count). The number of carbonyl (C=O) groups excluding carboxylic acids is 1. The van der Waals surface area contributed by atoms with Gasteiger partial charge in [0, 0.05) is 7.05 Å². The summed E-state index contributed by atoms with van der Waals surface area (Å²) in [6.45, 7) is 3.53. The second kappa shape index (κ2) is 4.88. The Kier molecular flexibility index (Phi) is 3.78. The first-order valence-corrected chi connectivity index (χ1v) is 4.65. The number of amides is 1. The van der Waals surface area contributed by atoms with Crippen molar-refractivity contribution < 1.29 is 4.79 Å². The third kappa shape index (κ3) is 2.46. The molecule has 0 radical (unpaired) electrons. The Labute approximate surface area is 79.5 Å². The Morgan fingerprint density at radius 3 is 3.08 bits per heavy atom. The highest BCUT2D eigenvalue weighted by Crippen LogP contribution is 2.16. The molecule has 1 aliphatic heterocycles. The van der Waals surface area contributed by atoms with Gasteiger partial charge in [0.05, 0.1) is 12.6 Å². The monoisotopic (exact) mass is 180 g/mol. The highest BCUT2D eigenvalue weighted by Gasteiger charge is 2.28. The Morgan fingerprint density at radius 2 is 2.46 bits per heavy atom. The summed E-state index contributed by atoms with van der Waals surface area (Å²) in [6, 6.07) is 0.0471. The molecule has 1 N–H and O–H groups in total. The first kappa shape index (κ1) is 10.1. The molecule has 0 spiro atoms. The van der Waals surface area contributed by atoms with Crippen LogP contribution < -0.4 is 5.32 Å². The second-order valence-corrected chi connectivity index (χ2v) is 3.17. The lowest BCUT2D eigenvalue weighted by Gasteiger charge is -2.20. The molecule has 0 aromatic rings. The molecule has 1 fully saturated rings. The Hall–Kier alpha value is -1.01. The van der Waals surface area contributed by atoms with Crippen LogP contribution in [0.3, 0.4) is 0 Å². The third-order valence-corrected chi connectivity index (χ3v) is 2.37. The lowest BCUT2D eigenvalue weighted by molar-refractivity contribution is -0.124. The third-order valence-electron chi connectivity index (χ3n) is 2.37. The highest BCUT2D eigenvalue weighted by atomic mass is 16.2. The fraction of sp³-hybridized carbons (Fsp3) is 0.700. The molecule has 0 aliphatic carbocycles. The first-order valence-electron chi connectivity index (χ1n) is 4.65. The molecule has 1 unspecified atom stereocenters. The summed E-state index contributed by atoms with van der Waals surface area (Å²) in [5, 5.41) is 2.68. The van der Waals surface area contributed by atoms with Crippen LogP contribution in [0.15, 0.2) is 0 Å². The van der Waals surface area contributed by atoms with Gasteiger partial charge in [-0.25, -0.2) is 0 Å². The molecule has 1 saturated heterocycles. The van der Waals surface area contributed by atoms with Crippen molar-refractivity contribution in [1.29, 1.82) is 0 Å². The number of carbonyl (C=O) groups is 1. The fourth-order valence-corrected chi connectivity index (χ4v) is 1.66. The standard InChI is InChI=1S/C10H16N2O/c1-3-4-7-12-8-5-6-9(12)10(13)11-2/h9H,5-8H2,1-2H3,(H,11,13). The van der Waals surface area contributed by atoms with Crippen LogP contribution in [0.5, 0.6) is 0 Å². The Morgan fingerprint density at radius 1 is 1.69 bits per heavy atom. The highest BCUT2D eigenvalue weighted by molar-refractivity contribution is 5.81. The van der Waals surface area contributed by atoms with Crippen LogP contribution in [0.25, 0.3) is 0 Å². The van der Waals surface area contributed by atoms with E-state index in [9.17, 15) is 4.79 Å². The number of rotatable bonds is 2. The van der Waals surface area contributed by atoms with Gasteiger partial charge in [0.15, 0.2) is 0 Å². The summed E-state index contributed by atoms with van der Waals surface area (Å²) in [4.78, 5) is 13.5. The van der Waals surface area contributed by atoms with Crippen molar-refractivity contribution in [3.05, 3.63) is 0 Å². The summed E-state index contributed by atoms with van der Waals surface area (Å²) in [7, 11) is 1.68. The van der Waals surface area contributed by atoms with Gasteiger partial charge in [-0.1, -0.05) is 5.92 Å². The van der Waals surface area contributed by atoms with Crippen molar-refractivity contribution >= 4 is 5.91 Å². The van der Waals surface area contributed by atoms with Gasteiger partial charge in [0.1, 0.15) is 0 Å². The summed E-state index contributed by atoms with van der Waals surface area (Å²) in [6.07, 6.45) is 2.06. The molecular formula is C10H16N2O. The molecule has 72 valence electrons. The first-order chi connectivity index (χ1) is 6.29. The van der Waals surface area contributed by atoms with Crippen molar-refractivity contribution in [2.24, 2.45) is 0 Å². The maximum Gasteiger partial charge on any atom is 0.237 e. The number of hydrogen-bond acceptors (Lipinski definition) is 2. The summed E-state index contributed by atoms with van der Waals surface area (Å²) >= 11 is 0. The topological polar surface area (TPSA) is 32.3 Å². The average molecular weight is 180 g/mol. The molecule has 1 aliphatic rings. The van der Waals surface area contributed by atoms with Gasteiger partial charge in [0.25, 0.3) is 0 Å². The van der Waals surface area contributed by atoms with Crippen LogP contribution in [0.1, 0.15) is 19.8 Å². The van der Waals surface area contributed by atoms with Crippen molar-refractivity contribution in [2.45, 2.75) is 25.8 Å². The minimum atomic E-state index is 0.0471. The fourth-order valence-electron chi connectivity index (χ4n) is 1.66. The lowest BCUT2D eigenvalue weighted by Crippen LogP contribution is -2.41. The Bertz CT molecular complexity index is 239. The normalized spacial score (nSPS) is 22.2. The lowest BCUT2D eigenvalue weighted by atomic mass is 10.2. The zero-order chi connectivity index (χ0) is 9.68. The van der Waals surface area contributed by atoms with Crippen LogP contribution in [0, 0.1) is 11.8 Å². The van der Waals surface area contributed by atoms with Gasteiger partial charge >= 0.3 is 0 Å². The number of likely N-dealkylation sites (N-methyl/N-ethyl adjacent to an activating group) is 1. The van der Waals surface area contributed by atoms with Gasteiger partial charge in [-0.05, 0) is 26.3 Å². The zero-order valence-electron chi connectivity index (χ0n) is 8.26. The molecule has 13 heavy (non-hydrogen) atoms. The molecule has 0 aromatic carbocycles. The molecule has 0 bridgehead atoms. The number of nitrogens with one attached hydrogen (secondary N) is 1. The second-order valence-electron chi connectivity index (χ2n) is 3.17. The van der Waals surface area contributed by atoms with E-state index in [4.69, 9.17) is 0 Å². The van der Waals surface area contributed by atoms with Crippen LogP contribution in [-0.2, 0) is 4.79 Å². The van der Waals surface area contributed by atoms with E-state index in [1.54, 1.807) is 7.05 Å². The van der Waals surface area contributed by atoms with Gasteiger partial charge in [-0.2, -0.15) is 0 Å². The molecule has 1 amide bonds. The number of likely N-dealkylation sites (tertiary alicyclic amines) is 1. The van der Waals surface area contributed by atoms with E-state index in [2.05, 4.69) is 22.1 Å². The van der Waals surface area contributed by atoms with Crippen LogP contribution in [0.2, 0.25) is 0 Å². The Balaban J connectivity index is 2.51. The minimum absolute atomic E-state index is 0.0471. The maximum absolute atomic E-state index is 11.4. The van der Waals surface area contributed by atoms with Crippen LogP contribution in [-0.4, -0.2) is 37.0 Å². The van der Waals surface area contributed by atoms with E-state index in [0.717, 1.165) is 19.4 Å². The molecule has 3 nitrogen and oxygen atoms in total. The van der Waals surface area contributed by atoms with E-state index < -0.39 is 0 Å². The largest absolute Gasteiger partial charge is 0.358 e. The van der Waals surface area contributed by atoms with Gasteiger partial charge in [-0.3, -0.25) is 9.69 Å². The maximum atomic E-state index is 11.4. The van der Waals surface area contributed by atoms with Crippen molar-refractivity contribution in [3.63, 3.8) is 0 Å². The van der Waals surface area contributed by atoms with Gasteiger partial charge in [0.2, 0.25) is 5.91 Å². The van der Waals surface area contributed by atoms with E-state index in [0.29, 0.717) is 6.54 Å². The molecule has 0 saturated carbocycles. The van der Waals surface area contributed by atoms with Gasteiger partial charge in [-0.15, -0.1) is 5.92 Å². The van der Waals surface area contributed by atoms with E-state index >= 15 is 0 Å². The summed E-state index contributed by atoms with van der Waals surface area (Å²) in [5.41, 5.74) is 0. The van der Waals surface area contributed by atoms with Crippen LogP contribution in [0.4, 0.5) is 0 Å². The van der Waals surface area contributed by atoms with E-state index in [1.807, 2.05) is 6.92 Å². The smallest absolute Gasteiger partial charge is 0.237 e. The molecule has 1 heterocycles. The predicted molar refractivity (Wildman–Crippen MR) is 52.1 cm³/mol. The minimum Gasteiger partial charge on any atom is -0.358 e. The van der Waals surface area contributed by atoms with Crippen molar-refractivity contribution in [3.8, 4) is 11.8 Å². The van der Waals surface area contributed by atoms with Crippen molar-refractivity contribution in [1.82, 2.24) is 10.2 Å². The summed E-state index contributed by atoms with van der Waals surface area (Å²) < 4.78 is 0. The number of nitrogens with zero attached hydrogens (tertiary/aromatic N) is 1. The SMILES string of the molecule is CC#CCN1CCCC1C(=O)NC. The average Bonchev–Trinajstić information content (AvgIpc) is 2.61. The zero-order valence-corrected chi connectivity index (χ0v) is 8.26. The van der Waals surface area contributed by atoms with E-state index in [-0.39, 0.29) is 11.9 Å². The summed E-state index contributed by atoms with van der Waals surface area (Å²) in [5.74, 6) is 5.96. The molecule has 3 heteroatoms. The van der Waals surface area contributed by atoms with Gasteiger partial charge < -0.3 is 5.32 Å². The van der Waals surface area contributed by atoms with Crippen LogP contribution >= 0.6 is 0 Å². The number of hydrogen-bond donors (Lipinski definition) is 1. The molecule has 0 aromatic heterocycles. The molecular weight excluding hydrogens is 164 g/mol. The predicted octanol–water partition coefficient (Wildman–Crippen LogP) is 0.220.